The summed E-state index contributed by atoms with van der Waals surface area (Å²) in [6.45, 7) is 0. The largest absolute Gasteiger partial charge is 0.373 e. The van der Waals surface area contributed by atoms with Crippen LogP contribution < -0.4 is 5.32 Å². The van der Waals surface area contributed by atoms with Crippen molar-refractivity contribution in [1.82, 2.24) is 15.0 Å². The molecule has 5 nitrogen and oxygen atoms in total. The number of nitrogens with one attached hydrogen (secondary N) is 1. The fourth-order valence-corrected chi connectivity index (χ4v) is 3.17. The zero-order chi connectivity index (χ0) is 17.9. The van der Waals surface area contributed by atoms with Gasteiger partial charge in [-0.1, -0.05) is 18.2 Å². The van der Waals surface area contributed by atoms with Crippen LogP contribution in [-0.2, 0) is 4.79 Å². The molecule has 0 fully saturated rings. The van der Waals surface area contributed by atoms with Crippen molar-refractivity contribution in [1.29, 1.82) is 0 Å². The molecule has 0 atom stereocenters. The monoisotopic (exact) mass is 342 g/mol. The van der Waals surface area contributed by atoms with Gasteiger partial charge in [0.05, 0.1) is 5.52 Å². The van der Waals surface area contributed by atoms with Crippen molar-refractivity contribution in [3.8, 4) is 11.4 Å². The minimum absolute atomic E-state index is 0.644. The molecule has 0 radical (unpaired) electrons. The van der Waals surface area contributed by atoms with E-state index in [4.69, 9.17) is 4.98 Å². The lowest BCUT2D eigenvalue weighted by molar-refractivity contribution is -0.105. The van der Waals surface area contributed by atoms with Gasteiger partial charge >= 0.3 is 0 Å². The minimum atomic E-state index is 0.644. The van der Waals surface area contributed by atoms with E-state index in [1.54, 1.807) is 12.4 Å². The first-order valence-electron chi connectivity index (χ1n) is 8.52. The Morgan fingerprint density at radius 2 is 2.04 bits per heavy atom. The summed E-state index contributed by atoms with van der Waals surface area (Å²) in [4.78, 5) is 24.6. The second kappa shape index (κ2) is 6.88. The normalized spacial score (nSPS) is 13.9. The molecular weight excluding hydrogens is 324 g/mol. The van der Waals surface area contributed by atoms with Crippen LogP contribution in [0, 0.1) is 0 Å². The first-order valence-corrected chi connectivity index (χ1v) is 8.52. The summed E-state index contributed by atoms with van der Waals surface area (Å²) < 4.78 is 0. The fraction of sp³-hybridized carbons (Fsp3) is 0.143. The molecule has 0 spiro atoms. The van der Waals surface area contributed by atoms with Crippen molar-refractivity contribution in [2.24, 2.45) is 0 Å². The molecule has 1 aliphatic rings. The van der Waals surface area contributed by atoms with Crippen LogP contribution in [0.4, 0.5) is 5.82 Å². The van der Waals surface area contributed by atoms with Crippen molar-refractivity contribution in [3.05, 3.63) is 66.0 Å². The number of aldehydes is 1. The van der Waals surface area contributed by atoms with Gasteiger partial charge in [0.2, 0.25) is 0 Å². The van der Waals surface area contributed by atoms with Crippen LogP contribution in [0.25, 0.3) is 27.9 Å². The molecule has 1 aliphatic carbocycles. The Hall–Kier alpha value is -3.34. The summed E-state index contributed by atoms with van der Waals surface area (Å²) in [7, 11) is 1.86. The van der Waals surface area contributed by atoms with Crippen molar-refractivity contribution in [3.63, 3.8) is 0 Å². The number of aromatic nitrogens is 3. The van der Waals surface area contributed by atoms with Gasteiger partial charge in [-0.15, -0.1) is 0 Å². The highest BCUT2D eigenvalue weighted by molar-refractivity contribution is 5.94. The van der Waals surface area contributed by atoms with Crippen molar-refractivity contribution in [2.75, 3.05) is 12.4 Å². The van der Waals surface area contributed by atoms with Gasteiger partial charge in [0.25, 0.3) is 0 Å². The van der Waals surface area contributed by atoms with Crippen molar-refractivity contribution in [2.45, 2.75) is 12.8 Å². The number of carbonyl (C=O) groups excluding carboxylic acids is 1. The van der Waals surface area contributed by atoms with Gasteiger partial charge in [0, 0.05) is 36.8 Å². The van der Waals surface area contributed by atoms with Crippen LogP contribution in [0.15, 0.2) is 60.5 Å². The van der Waals surface area contributed by atoms with E-state index in [1.807, 2.05) is 31.3 Å². The van der Waals surface area contributed by atoms with E-state index in [9.17, 15) is 4.79 Å². The van der Waals surface area contributed by atoms with E-state index in [0.29, 0.717) is 12.2 Å². The molecule has 0 aliphatic heterocycles. The Morgan fingerprint density at radius 3 is 2.81 bits per heavy atom. The smallest absolute Gasteiger partial charge is 0.163 e. The molecule has 1 aromatic carbocycles. The summed E-state index contributed by atoms with van der Waals surface area (Å²) in [5.74, 6) is 1.42. The van der Waals surface area contributed by atoms with Crippen LogP contribution >= 0.6 is 0 Å². The average Bonchev–Trinajstić information content (AvgIpc) is 2.73. The zero-order valence-corrected chi connectivity index (χ0v) is 14.4. The number of allylic oxidation sites excluding steroid dienone is 4. The molecule has 0 amide bonds. The minimum Gasteiger partial charge on any atom is -0.373 e. The Bertz CT molecular complexity index is 1040. The molecule has 128 valence electrons. The third-order valence-electron chi connectivity index (χ3n) is 4.51. The molecular formula is C21H18N4O. The van der Waals surface area contributed by atoms with E-state index in [1.165, 1.54) is 0 Å². The van der Waals surface area contributed by atoms with Crippen molar-refractivity contribution >= 4 is 28.6 Å². The molecule has 26 heavy (non-hydrogen) atoms. The second-order valence-electron chi connectivity index (χ2n) is 6.16. The van der Waals surface area contributed by atoms with Gasteiger partial charge in [-0.05, 0) is 47.4 Å². The number of pyridine rings is 1. The predicted molar refractivity (Wildman–Crippen MR) is 104 cm³/mol. The molecule has 2 aromatic heterocycles. The molecule has 0 saturated heterocycles. The standard InChI is InChI=1S/C21H18N4O/c1-22-21-18-11-16(15-5-2-4-14(10-15)13-26)7-8-19(18)24-20(25-21)17-6-3-9-23-12-17/h3-9,11-13H,2,10H2,1H3,(H,22,24,25). The number of carbonyl (C=O) groups is 1. The number of anilines is 1. The molecule has 4 rings (SSSR count). The maximum Gasteiger partial charge on any atom is 0.163 e. The van der Waals surface area contributed by atoms with Gasteiger partial charge in [-0.2, -0.15) is 0 Å². The van der Waals surface area contributed by atoms with Gasteiger partial charge < -0.3 is 5.32 Å². The molecule has 0 saturated carbocycles. The predicted octanol–water partition coefficient (Wildman–Crippen LogP) is 4.04. The third-order valence-corrected chi connectivity index (χ3v) is 4.51. The number of rotatable bonds is 4. The third kappa shape index (κ3) is 2.99. The molecule has 2 heterocycles. The summed E-state index contributed by atoms with van der Waals surface area (Å²) in [5.41, 5.74) is 4.84. The fourth-order valence-electron chi connectivity index (χ4n) is 3.17. The summed E-state index contributed by atoms with van der Waals surface area (Å²) >= 11 is 0. The highest BCUT2D eigenvalue weighted by atomic mass is 16.1. The Kier molecular flexibility index (Phi) is 4.27. The van der Waals surface area contributed by atoms with Crippen LogP contribution in [0.2, 0.25) is 0 Å². The van der Waals surface area contributed by atoms with Gasteiger partial charge in [0.15, 0.2) is 5.82 Å². The first kappa shape index (κ1) is 16.1. The van der Waals surface area contributed by atoms with Crippen LogP contribution in [-0.4, -0.2) is 28.3 Å². The topological polar surface area (TPSA) is 67.8 Å². The Balaban J connectivity index is 1.79. The summed E-state index contributed by atoms with van der Waals surface area (Å²) in [5, 5.41) is 4.13. The first-order chi connectivity index (χ1) is 12.8. The van der Waals surface area contributed by atoms with E-state index < -0.39 is 0 Å². The number of hydrogen-bond acceptors (Lipinski definition) is 5. The average molecular weight is 342 g/mol. The number of fused-ring (bicyclic) bond motifs is 1. The zero-order valence-electron chi connectivity index (χ0n) is 14.4. The lowest BCUT2D eigenvalue weighted by Gasteiger charge is -2.14. The molecule has 1 N–H and O–H groups in total. The highest BCUT2D eigenvalue weighted by Gasteiger charge is 2.13. The van der Waals surface area contributed by atoms with E-state index in [-0.39, 0.29) is 0 Å². The number of nitrogens with zero attached hydrogens (tertiary/aromatic N) is 3. The van der Waals surface area contributed by atoms with Crippen molar-refractivity contribution < 1.29 is 4.79 Å². The maximum atomic E-state index is 11.1. The van der Waals surface area contributed by atoms with E-state index >= 15 is 0 Å². The second-order valence-corrected chi connectivity index (χ2v) is 6.16. The maximum absolute atomic E-state index is 11.1. The molecule has 0 unspecified atom stereocenters. The van der Waals surface area contributed by atoms with Gasteiger partial charge in [0.1, 0.15) is 12.1 Å². The Morgan fingerprint density at radius 1 is 1.12 bits per heavy atom. The van der Waals surface area contributed by atoms with E-state index in [0.717, 1.165) is 51.7 Å². The Labute approximate surface area is 151 Å². The van der Waals surface area contributed by atoms with Gasteiger partial charge in [-0.25, -0.2) is 9.97 Å². The number of hydrogen-bond donors (Lipinski definition) is 1. The van der Waals surface area contributed by atoms with Crippen LogP contribution in [0.3, 0.4) is 0 Å². The lowest BCUT2D eigenvalue weighted by atomic mass is 9.92. The molecule has 0 bridgehead atoms. The quantitative estimate of drug-likeness (QED) is 0.725. The molecule has 5 heteroatoms. The lowest BCUT2D eigenvalue weighted by Crippen LogP contribution is -2.00. The molecule has 3 aromatic rings. The SMILES string of the molecule is CNc1nc(-c2cccnc2)nc2ccc(C3=CCC=C(C=O)C3)cc12. The van der Waals surface area contributed by atoms with Gasteiger partial charge in [-0.3, -0.25) is 9.78 Å². The summed E-state index contributed by atoms with van der Waals surface area (Å²) in [6.07, 6.45) is 10.0. The highest BCUT2D eigenvalue weighted by Crippen LogP contribution is 2.31. The van der Waals surface area contributed by atoms with Crippen LogP contribution in [0.1, 0.15) is 18.4 Å². The van der Waals surface area contributed by atoms with E-state index in [2.05, 4.69) is 33.5 Å². The van der Waals surface area contributed by atoms with Crippen LogP contribution in [0.5, 0.6) is 0 Å². The summed E-state index contributed by atoms with van der Waals surface area (Å²) in [6, 6.07) is 9.97. The number of benzene rings is 1.